The number of hydrogen-bond donors (Lipinski definition) is 9. The number of aromatic amines is 1. The first-order chi connectivity index (χ1) is 16.8. The van der Waals surface area contributed by atoms with E-state index in [2.05, 4.69) is 25.9 Å². The molecule has 5 unspecified atom stereocenters. The summed E-state index contributed by atoms with van der Waals surface area (Å²) in [6, 6.07) is -5.60. The van der Waals surface area contributed by atoms with E-state index in [9.17, 15) is 39.0 Å². The molecule has 0 aromatic carbocycles. The smallest absolute Gasteiger partial charge is 0.328 e. The van der Waals surface area contributed by atoms with Crippen molar-refractivity contribution in [1.82, 2.24) is 25.9 Å². The summed E-state index contributed by atoms with van der Waals surface area (Å²) in [6.07, 6.45) is 0.256. The van der Waals surface area contributed by atoms with Crippen molar-refractivity contribution in [3.05, 3.63) is 18.2 Å². The number of H-pyrrole nitrogens is 1. The summed E-state index contributed by atoms with van der Waals surface area (Å²) in [6.45, 7) is 1.14. The third-order valence-corrected chi connectivity index (χ3v) is 5.00. The van der Waals surface area contributed by atoms with E-state index in [-0.39, 0.29) is 32.1 Å². The van der Waals surface area contributed by atoms with Gasteiger partial charge in [0, 0.05) is 31.2 Å². The van der Waals surface area contributed by atoms with Crippen LogP contribution in [0.4, 0.5) is 0 Å². The largest absolute Gasteiger partial charge is 0.480 e. The van der Waals surface area contributed by atoms with Crippen molar-refractivity contribution in [3.63, 3.8) is 0 Å². The Hall–Kier alpha value is -4.05. The molecule has 5 amide bonds. The first kappa shape index (κ1) is 30.0. The van der Waals surface area contributed by atoms with Gasteiger partial charge in [0.05, 0.1) is 18.5 Å². The second kappa shape index (κ2) is 14.4. The number of rotatable bonds is 16. The van der Waals surface area contributed by atoms with Gasteiger partial charge in [-0.25, -0.2) is 9.78 Å². The van der Waals surface area contributed by atoms with Gasteiger partial charge < -0.3 is 48.3 Å². The molecule has 0 saturated carbocycles. The number of carbonyl (C=O) groups is 6. The molecule has 0 aliphatic carbocycles. The summed E-state index contributed by atoms with van der Waals surface area (Å²) in [4.78, 5) is 78.5. The number of nitrogens with one attached hydrogen (secondary N) is 4. The van der Waals surface area contributed by atoms with Gasteiger partial charge in [-0.15, -0.1) is 0 Å². The fraction of sp³-hybridized carbons (Fsp3) is 0.550. The average molecular weight is 513 g/mol. The van der Waals surface area contributed by atoms with E-state index < -0.39 is 65.8 Å². The van der Waals surface area contributed by atoms with Gasteiger partial charge in [0.15, 0.2) is 6.04 Å². The highest BCUT2D eigenvalue weighted by atomic mass is 16.4. The van der Waals surface area contributed by atoms with Crippen molar-refractivity contribution in [3.8, 4) is 0 Å². The van der Waals surface area contributed by atoms with Gasteiger partial charge in [0.25, 0.3) is 0 Å². The zero-order chi connectivity index (χ0) is 27.4. The number of nitrogens with zero attached hydrogens (tertiary/aromatic N) is 1. The summed E-state index contributed by atoms with van der Waals surface area (Å²) in [7, 11) is 0. The number of aliphatic hydroxyl groups excluding tert-OH is 1. The molecule has 200 valence electrons. The zero-order valence-corrected chi connectivity index (χ0v) is 19.6. The average Bonchev–Trinajstić information content (AvgIpc) is 3.29. The summed E-state index contributed by atoms with van der Waals surface area (Å²) < 4.78 is 0. The van der Waals surface area contributed by atoms with Gasteiger partial charge in [0.1, 0.15) is 12.1 Å². The molecule has 0 bridgehead atoms. The molecule has 0 spiro atoms. The molecule has 16 heteroatoms. The highest BCUT2D eigenvalue weighted by molar-refractivity contribution is 5.94. The Morgan fingerprint density at radius 2 is 1.44 bits per heavy atom. The number of carbonyl (C=O) groups excluding carboxylic acids is 5. The van der Waals surface area contributed by atoms with Gasteiger partial charge in [-0.2, -0.15) is 0 Å². The standard InChI is InChI=1S/C20H32N8O8/c1-9(29)16(20(35)36)28-19(34)13(3-5-15(23)31)27-18(33)12(2-4-14(22)30)26-17(32)11(21)6-10-7-24-8-25-10/h7-9,11-13,16,29H,2-6,21H2,1H3,(H2,22,30)(H2,23,31)(H,24,25)(H,26,32)(H,27,33)(H,28,34)(H,35,36). The molecule has 0 fully saturated rings. The normalized spacial score (nSPS) is 15.0. The minimum Gasteiger partial charge on any atom is -0.480 e. The molecule has 0 saturated heterocycles. The third kappa shape index (κ3) is 10.5. The van der Waals surface area contributed by atoms with E-state index in [1.807, 2.05) is 0 Å². The number of aliphatic carboxylic acids is 1. The Kier molecular flexibility index (Phi) is 12.0. The monoisotopic (exact) mass is 512 g/mol. The lowest BCUT2D eigenvalue weighted by Gasteiger charge is -2.25. The first-order valence-corrected chi connectivity index (χ1v) is 10.9. The highest BCUT2D eigenvalue weighted by Crippen LogP contribution is 2.05. The lowest BCUT2D eigenvalue weighted by atomic mass is 10.0. The Labute approximate surface area is 205 Å². The van der Waals surface area contributed by atoms with E-state index in [4.69, 9.17) is 17.2 Å². The quantitative estimate of drug-likeness (QED) is 0.103. The van der Waals surface area contributed by atoms with Crippen molar-refractivity contribution in [2.45, 2.75) is 69.3 Å². The van der Waals surface area contributed by atoms with Crippen LogP contribution in [0, 0.1) is 0 Å². The van der Waals surface area contributed by atoms with Crippen LogP contribution in [-0.4, -0.2) is 86.0 Å². The van der Waals surface area contributed by atoms with Gasteiger partial charge in [-0.05, 0) is 19.8 Å². The number of carboxylic acids is 1. The molecular weight excluding hydrogens is 480 g/mol. The van der Waals surface area contributed by atoms with Crippen LogP contribution < -0.4 is 33.2 Å². The zero-order valence-electron chi connectivity index (χ0n) is 19.6. The predicted octanol–water partition coefficient (Wildman–Crippen LogP) is -4.27. The van der Waals surface area contributed by atoms with Gasteiger partial charge in [-0.1, -0.05) is 0 Å². The fourth-order valence-electron chi connectivity index (χ4n) is 3.03. The van der Waals surface area contributed by atoms with Crippen LogP contribution in [0.5, 0.6) is 0 Å². The number of aromatic nitrogens is 2. The number of amides is 5. The molecule has 1 aromatic heterocycles. The number of aliphatic hydroxyl groups is 1. The molecular formula is C20H32N8O8. The van der Waals surface area contributed by atoms with Gasteiger partial charge in [0.2, 0.25) is 29.5 Å². The molecule has 12 N–H and O–H groups in total. The van der Waals surface area contributed by atoms with Crippen LogP contribution in [0.2, 0.25) is 0 Å². The van der Waals surface area contributed by atoms with Crippen LogP contribution in [-0.2, 0) is 35.2 Å². The van der Waals surface area contributed by atoms with E-state index in [0.717, 1.165) is 6.92 Å². The molecule has 1 heterocycles. The lowest BCUT2D eigenvalue weighted by molar-refractivity contribution is -0.145. The van der Waals surface area contributed by atoms with E-state index in [0.29, 0.717) is 5.69 Å². The minimum atomic E-state index is -1.70. The lowest BCUT2D eigenvalue weighted by Crippen LogP contribution is -2.58. The number of hydrogen-bond acceptors (Lipinski definition) is 9. The van der Waals surface area contributed by atoms with Crippen LogP contribution in [0.1, 0.15) is 38.3 Å². The second-order valence-electron chi connectivity index (χ2n) is 8.08. The predicted molar refractivity (Wildman–Crippen MR) is 122 cm³/mol. The molecule has 1 aromatic rings. The Balaban J connectivity index is 3.01. The summed E-state index contributed by atoms with van der Waals surface area (Å²) in [5.74, 6) is -5.77. The maximum atomic E-state index is 12.9. The van der Waals surface area contributed by atoms with Crippen molar-refractivity contribution in [2.24, 2.45) is 17.2 Å². The molecule has 0 aliphatic heterocycles. The Morgan fingerprint density at radius 3 is 1.86 bits per heavy atom. The van der Waals surface area contributed by atoms with E-state index >= 15 is 0 Å². The maximum Gasteiger partial charge on any atom is 0.328 e. The third-order valence-electron chi connectivity index (χ3n) is 5.00. The van der Waals surface area contributed by atoms with E-state index in [1.54, 1.807) is 0 Å². The summed E-state index contributed by atoms with van der Waals surface area (Å²) in [5.41, 5.74) is 16.7. The highest BCUT2D eigenvalue weighted by Gasteiger charge is 2.32. The van der Waals surface area contributed by atoms with Crippen LogP contribution in [0.3, 0.4) is 0 Å². The minimum absolute atomic E-state index is 0.0650. The number of carboxylic acid groups (broad SMARTS) is 1. The molecule has 36 heavy (non-hydrogen) atoms. The topological polar surface area (TPSA) is 286 Å². The first-order valence-electron chi connectivity index (χ1n) is 10.9. The second-order valence-corrected chi connectivity index (χ2v) is 8.08. The molecule has 16 nitrogen and oxygen atoms in total. The summed E-state index contributed by atoms with van der Waals surface area (Å²) >= 11 is 0. The van der Waals surface area contributed by atoms with Crippen molar-refractivity contribution in [2.75, 3.05) is 0 Å². The number of primary amides is 2. The fourth-order valence-corrected chi connectivity index (χ4v) is 3.03. The van der Waals surface area contributed by atoms with Crippen molar-refractivity contribution < 1.29 is 39.0 Å². The van der Waals surface area contributed by atoms with Crippen LogP contribution in [0.25, 0.3) is 0 Å². The van der Waals surface area contributed by atoms with Gasteiger partial charge >= 0.3 is 5.97 Å². The molecule has 0 radical (unpaired) electrons. The molecule has 5 atom stereocenters. The Bertz CT molecular complexity index is 936. The maximum absolute atomic E-state index is 12.9. The van der Waals surface area contributed by atoms with Crippen LogP contribution in [0.15, 0.2) is 12.5 Å². The van der Waals surface area contributed by atoms with E-state index in [1.165, 1.54) is 12.5 Å². The van der Waals surface area contributed by atoms with Crippen molar-refractivity contribution in [1.29, 1.82) is 0 Å². The van der Waals surface area contributed by atoms with Gasteiger partial charge in [-0.3, -0.25) is 24.0 Å². The van der Waals surface area contributed by atoms with Crippen molar-refractivity contribution >= 4 is 35.5 Å². The molecule has 1 rings (SSSR count). The molecule has 0 aliphatic rings. The summed E-state index contributed by atoms with van der Waals surface area (Å²) in [5, 5.41) is 25.6. The number of nitrogens with two attached hydrogens (primary N) is 3. The Morgan fingerprint density at radius 1 is 0.944 bits per heavy atom. The van der Waals surface area contributed by atoms with Crippen LogP contribution >= 0.6 is 0 Å². The number of imidazole rings is 1. The SMILES string of the molecule is CC(O)C(NC(=O)C(CCC(N)=O)NC(=O)C(CCC(N)=O)NC(=O)C(N)Cc1cnc[nH]1)C(=O)O.